The first-order chi connectivity index (χ1) is 11.1. The molecule has 0 aromatic heterocycles. The minimum absolute atomic E-state index is 0.0486. The van der Waals surface area contributed by atoms with Crippen molar-refractivity contribution < 1.29 is 9.69 Å². The van der Waals surface area contributed by atoms with Crippen LogP contribution in [0.2, 0.25) is 0 Å². The summed E-state index contributed by atoms with van der Waals surface area (Å²) in [5.41, 5.74) is 3.39. The molecule has 0 fully saturated rings. The molecule has 2 aromatic rings. The molecule has 0 radical (unpaired) electrons. The van der Waals surface area contributed by atoms with Crippen LogP contribution in [0.1, 0.15) is 18.1 Å². The molecule has 2 aromatic carbocycles. The second-order valence-corrected chi connectivity index (χ2v) is 6.64. The zero-order valence-corrected chi connectivity index (χ0v) is 14.9. The summed E-state index contributed by atoms with van der Waals surface area (Å²) in [6.07, 6.45) is 3.08. The molecule has 1 atom stereocenters. The van der Waals surface area contributed by atoms with Gasteiger partial charge in [0, 0.05) is 16.1 Å². The first kappa shape index (κ1) is 17.6. The van der Waals surface area contributed by atoms with Gasteiger partial charge in [0.1, 0.15) is 6.54 Å². The van der Waals surface area contributed by atoms with Crippen molar-refractivity contribution >= 4 is 23.4 Å². The van der Waals surface area contributed by atoms with E-state index in [0.717, 1.165) is 18.7 Å². The highest BCUT2D eigenvalue weighted by molar-refractivity contribution is 7.98. The van der Waals surface area contributed by atoms with Gasteiger partial charge in [-0.25, -0.2) is 0 Å². The molecule has 23 heavy (non-hydrogen) atoms. The first-order valence-corrected chi connectivity index (χ1v) is 9.16. The highest BCUT2D eigenvalue weighted by atomic mass is 32.2. The zero-order chi connectivity index (χ0) is 16.7. The van der Waals surface area contributed by atoms with Crippen LogP contribution in [-0.2, 0) is 17.8 Å². The van der Waals surface area contributed by atoms with Crippen LogP contribution >= 0.6 is 11.8 Å². The van der Waals surface area contributed by atoms with E-state index in [1.54, 1.807) is 11.8 Å². The van der Waals surface area contributed by atoms with Gasteiger partial charge in [-0.05, 0) is 42.5 Å². The molecule has 2 N–H and O–H groups in total. The van der Waals surface area contributed by atoms with E-state index < -0.39 is 0 Å². The van der Waals surface area contributed by atoms with Crippen LogP contribution in [0, 0.1) is 0 Å². The summed E-state index contributed by atoms with van der Waals surface area (Å²) in [4.78, 5) is 14.6. The standard InChI is InChI=1S/C19H24N2OS/c1-4-15-5-9-17(10-6-15)20-19(22)14-21(2)13-16-7-11-18(23-3)12-8-16/h5-12H,4,13-14H2,1-3H3,(H,20,22)/p+1. The fourth-order valence-corrected chi connectivity index (χ4v) is 2.87. The number of quaternary nitrogens is 1. The number of carbonyl (C=O) groups is 1. The molecule has 0 heterocycles. The summed E-state index contributed by atoms with van der Waals surface area (Å²) in [6, 6.07) is 16.6. The quantitative estimate of drug-likeness (QED) is 0.766. The monoisotopic (exact) mass is 329 g/mol. The Morgan fingerprint density at radius 3 is 2.22 bits per heavy atom. The Labute approximate surface area is 143 Å². The first-order valence-electron chi connectivity index (χ1n) is 7.93. The summed E-state index contributed by atoms with van der Waals surface area (Å²) < 4.78 is 0. The van der Waals surface area contributed by atoms with Crippen LogP contribution in [0.4, 0.5) is 5.69 Å². The van der Waals surface area contributed by atoms with E-state index in [9.17, 15) is 4.79 Å². The number of likely N-dealkylation sites (N-methyl/N-ethyl adjacent to an activating group) is 1. The predicted molar refractivity (Wildman–Crippen MR) is 98.1 cm³/mol. The second-order valence-electron chi connectivity index (χ2n) is 5.76. The molecule has 0 aliphatic heterocycles. The minimum atomic E-state index is 0.0486. The second kappa shape index (κ2) is 8.75. The maximum Gasteiger partial charge on any atom is 0.279 e. The number of rotatable bonds is 7. The molecule has 4 heteroatoms. The number of anilines is 1. The van der Waals surface area contributed by atoms with Crippen LogP contribution in [0.5, 0.6) is 0 Å². The van der Waals surface area contributed by atoms with E-state index in [1.807, 2.05) is 19.2 Å². The Morgan fingerprint density at radius 2 is 1.65 bits per heavy atom. The summed E-state index contributed by atoms with van der Waals surface area (Å²) in [5.74, 6) is 0.0486. The maximum atomic E-state index is 12.1. The van der Waals surface area contributed by atoms with E-state index in [-0.39, 0.29) is 5.91 Å². The average Bonchev–Trinajstić information content (AvgIpc) is 2.56. The third-order valence-corrected chi connectivity index (χ3v) is 4.52. The van der Waals surface area contributed by atoms with Gasteiger partial charge >= 0.3 is 0 Å². The molecule has 1 amide bonds. The van der Waals surface area contributed by atoms with Gasteiger partial charge in [-0.1, -0.05) is 31.2 Å². The maximum absolute atomic E-state index is 12.1. The lowest BCUT2D eigenvalue weighted by molar-refractivity contribution is -0.885. The van der Waals surface area contributed by atoms with Gasteiger partial charge in [0.05, 0.1) is 7.05 Å². The van der Waals surface area contributed by atoms with Gasteiger partial charge in [0.25, 0.3) is 5.91 Å². The Morgan fingerprint density at radius 1 is 1.04 bits per heavy atom. The molecular formula is C19H25N2OS+. The van der Waals surface area contributed by atoms with Gasteiger partial charge in [0.15, 0.2) is 6.54 Å². The van der Waals surface area contributed by atoms with Crippen LogP contribution in [0.15, 0.2) is 53.4 Å². The summed E-state index contributed by atoms with van der Waals surface area (Å²) in [5, 5.41) is 2.97. The Hall–Kier alpha value is -1.78. The number of carbonyl (C=O) groups excluding carboxylic acids is 1. The van der Waals surface area contributed by atoms with Crippen LogP contribution in [0.25, 0.3) is 0 Å². The normalized spacial score (nSPS) is 12.0. The van der Waals surface area contributed by atoms with E-state index in [1.165, 1.54) is 20.9 Å². The van der Waals surface area contributed by atoms with Gasteiger partial charge in [0.2, 0.25) is 0 Å². The number of benzene rings is 2. The molecule has 0 aliphatic carbocycles. The van der Waals surface area contributed by atoms with Crippen LogP contribution in [0.3, 0.4) is 0 Å². The van der Waals surface area contributed by atoms with Crippen molar-refractivity contribution in [2.75, 3.05) is 25.2 Å². The lowest BCUT2D eigenvalue weighted by Crippen LogP contribution is -3.08. The van der Waals surface area contributed by atoms with Crippen molar-refractivity contribution in [1.29, 1.82) is 0 Å². The third-order valence-electron chi connectivity index (χ3n) is 3.77. The molecular weight excluding hydrogens is 304 g/mol. The lowest BCUT2D eigenvalue weighted by atomic mass is 10.1. The number of aryl methyl sites for hydroxylation is 1. The van der Waals surface area contributed by atoms with Crippen molar-refractivity contribution in [3.05, 3.63) is 59.7 Å². The van der Waals surface area contributed by atoms with Crippen molar-refractivity contribution in [1.82, 2.24) is 0 Å². The Kier molecular flexibility index (Phi) is 6.68. The van der Waals surface area contributed by atoms with Crippen LogP contribution < -0.4 is 10.2 Å². The number of hydrogen-bond acceptors (Lipinski definition) is 2. The average molecular weight is 329 g/mol. The van der Waals surface area contributed by atoms with Crippen molar-refractivity contribution in [2.45, 2.75) is 24.8 Å². The predicted octanol–water partition coefficient (Wildman–Crippen LogP) is 2.62. The molecule has 0 aliphatic rings. The molecule has 2 rings (SSSR count). The fourth-order valence-electron chi connectivity index (χ4n) is 2.46. The van der Waals surface area contributed by atoms with Gasteiger partial charge < -0.3 is 10.2 Å². The van der Waals surface area contributed by atoms with Gasteiger partial charge in [-0.3, -0.25) is 4.79 Å². The minimum Gasteiger partial charge on any atom is -0.326 e. The summed E-state index contributed by atoms with van der Waals surface area (Å²) in [7, 11) is 2.04. The Bertz CT molecular complexity index is 623. The highest BCUT2D eigenvalue weighted by Gasteiger charge is 2.11. The van der Waals surface area contributed by atoms with E-state index in [4.69, 9.17) is 0 Å². The summed E-state index contributed by atoms with van der Waals surface area (Å²) in [6.45, 7) is 3.42. The molecule has 0 saturated carbocycles. The molecule has 0 saturated heterocycles. The van der Waals surface area contributed by atoms with E-state index in [2.05, 4.69) is 54.9 Å². The number of hydrogen-bond donors (Lipinski definition) is 2. The summed E-state index contributed by atoms with van der Waals surface area (Å²) >= 11 is 1.74. The lowest BCUT2D eigenvalue weighted by Gasteiger charge is -2.14. The molecule has 122 valence electrons. The molecule has 0 spiro atoms. The smallest absolute Gasteiger partial charge is 0.279 e. The zero-order valence-electron chi connectivity index (χ0n) is 14.1. The highest BCUT2D eigenvalue weighted by Crippen LogP contribution is 2.14. The van der Waals surface area contributed by atoms with E-state index >= 15 is 0 Å². The third kappa shape index (κ3) is 5.73. The fraction of sp³-hybridized carbons (Fsp3) is 0.316. The molecule has 3 nitrogen and oxygen atoms in total. The molecule has 1 unspecified atom stereocenters. The molecule has 0 bridgehead atoms. The van der Waals surface area contributed by atoms with Crippen molar-refractivity contribution in [3.63, 3.8) is 0 Å². The van der Waals surface area contributed by atoms with E-state index in [0.29, 0.717) is 6.54 Å². The topological polar surface area (TPSA) is 33.5 Å². The van der Waals surface area contributed by atoms with Crippen LogP contribution in [-0.4, -0.2) is 25.8 Å². The van der Waals surface area contributed by atoms with Gasteiger partial charge in [-0.15, -0.1) is 11.8 Å². The van der Waals surface area contributed by atoms with Gasteiger partial charge in [-0.2, -0.15) is 0 Å². The Balaban J connectivity index is 1.83. The number of nitrogens with one attached hydrogen (secondary N) is 2. The number of amides is 1. The van der Waals surface area contributed by atoms with Crippen molar-refractivity contribution in [3.8, 4) is 0 Å². The van der Waals surface area contributed by atoms with Crippen molar-refractivity contribution in [2.24, 2.45) is 0 Å². The SMILES string of the molecule is CCc1ccc(NC(=O)C[NH+](C)Cc2ccc(SC)cc2)cc1. The number of thioether (sulfide) groups is 1. The largest absolute Gasteiger partial charge is 0.326 e.